The third kappa shape index (κ3) is 4.48. The molecule has 3 rings (SSSR count). The van der Waals surface area contributed by atoms with Gasteiger partial charge in [-0.15, -0.1) is 17.9 Å². The van der Waals surface area contributed by atoms with Crippen LogP contribution in [0.4, 0.5) is 0 Å². The lowest BCUT2D eigenvalue weighted by atomic mass is 10.2. The van der Waals surface area contributed by atoms with Crippen LogP contribution in [0, 0.1) is 0 Å². The number of rotatable bonds is 8. The van der Waals surface area contributed by atoms with Gasteiger partial charge >= 0.3 is 0 Å². The van der Waals surface area contributed by atoms with Crippen molar-refractivity contribution < 1.29 is 4.79 Å². The molecule has 0 radical (unpaired) electrons. The summed E-state index contributed by atoms with van der Waals surface area (Å²) in [4.78, 5) is 30.7. The first-order valence-electron chi connectivity index (χ1n) is 8.71. The van der Waals surface area contributed by atoms with Crippen molar-refractivity contribution in [1.82, 2.24) is 14.9 Å². The van der Waals surface area contributed by atoms with Gasteiger partial charge in [-0.05, 0) is 23.4 Å². The van der Waals surface area contributed by atoms with Gasteiger partial charge in [-0.1, -0.05) is 55.1 Å². The molecule has 1 aromatic carbocycles. The van der Waals surface area contributed by atoms with Crippen molar-refractivity contribution in [3.63, 3.8) is 0 Å². The van der Waals surface area contributed by atoms with Gasteiger partial charge < -0.3 is 5.32 Å². The number of carbonyl (C=O) groups is 1. The van der Waals surface area contributed by atoms with Crippen LogP contribution in [-0.4, -0.2) is 20.7 Å². The van der Waals surface area contributed by atoms with Gasteiger partial charge in [0.05, 0.1) is 10.6 Å². The molecule has 27 heavy (non-hydrogen) atoms. The monoisotopic (exact) mass is 399 g/mol. The fraction of sp³-hybridized carbons (Fsp3) is 0.250. The molecule has 1 unspecified atom stereocenters. The zero-order chi connectivity index (χ0) is 19.2. The number of thioether (sulfide) groups is 1. The number of carbonyl (C=O) groups excluding carboxylic acids is 1. The topological polar surface area (TPSA) is 64.0 Å². The van der Waals surface area contributed by atoms with Gasteiger partial charge in [-0.25, -0.2) is 4.98 Å². The summed E-state index contributed by atoms with van der Waals surface area (Å²) in [7, 11) is 0. The van der Waals surface area contributed by atoms with Crippen LogP contribution in [0.1, 0.15) is 18.9 Å². The molecule has 2 heterocycles. The average molecular weight is 400 g/mol. The van der Waals surface area contributed by atoms with Gasteiger partial charge in [0.15, 0.2) is 5.16 Å². The van der Waals surface area contributed by atoms with Crippen LogP contribution < -0.4 is 10.9 Å². The second-order valence-corrected chi connectivity index (χ2v) is 8.02. The third-order valence-electron chi connectivity index (χ3n) is 4.08. The summed E-state index contributed by atoms with van der Waals surface area (Å²) in [5.74, 6) is -0.0583. The molecule has 1 N–H and O–H groups in total. The molecular formula is C20H21N3O2S2. The standard InChI is InChI=1S/C20H21N3O2S2/c1-3-11-23-19(25)15-10-12-26-18(15)22-20(23)27-16(4-2)17(24)21-13-14-8-6-5-7-9-14/h3,5-10,12,16H,1,4,11,13H2,2H3,(H,21,24). The van der Waals surface area contributed by atoms with Crippen molar-refractivity contribution >= 4 is 39.2 Å². The highest BCUT2D eigenvalue weighted by Gasteiger charge is 2.21. The molecule has 0 spiro atoms. The van der Waals surface area contributed by atoms with Crippen LogP contribution in [0.3, 0.4) is 0 Å². The number of nitrogens with zero attached hydrogens (tertiary/aromatic N) is 2. The minimum absolute atomic E-state index is 0.0583. The molecule has 1 amide bonds. The number of allylic oxidation sites excluding steroid dienone is 1. The maximum atomic E-state index is 12.7. The Labute approximate surface area is 166 Å². The molecule has 0 bridgehead atoms. The molecular weight excluding hydrogens is 378 g/mol. The lowest BCUT2D eigenvalue weighted by Crippen LogP contribution is -2.33. The largest absolute Gasteiger partial charge is 0.351 e. The van der Waals surface area contributed by atoms with Gasteiger partial charge in [0, 0.05) is 13.1 Å². The summed E-state index contributed by atoms with van der Waals surface area (Å²) in [5.41, 5.74) is 0.954. The van der Waals surface area contributed by atoms with Crippen molar-refractivity contribution in [2.24, 2.45) is 0 Å². The molecule has 0 saturated heterocycles. The molecule has 3 aromatic rings. The zero-order valence-corrected chi connectivity index (χ0v) is 16.7. The number of aromatic nitrogens is 2. The van der Waals surface area contributed by atoms with Crippen LogP contribution in [0.15, 0.2) is 64.4 Å². The summed E-state index contributed by atoms with van der Waals surface area (Å²) in [5, 5.41) is 5.66. The summed E-state index contributed by atoms with van der Waals surface area (Å²) in [6.07, 6.45) is 2.31. The van der Waals surface area contributed by atoms with E-state index in [1.165, 1.54) is 23.1 Å². The lowest BCUT2D eigenvalue weighted by Gasteiger charge is -2.17. The van der Waals surface area contributed by atoms with Crippen molar-refractivity contribution in [3.8, 4) is 0 Å². The Morgan fingerprint density at radius 3 is 2.85 bits per heavy atom. The smallest absolute Gasteiger partial charge is 0.263 e. The first-order chi connectivity index (χ1) is 13.1. The van der Waals surface area contributed by atoms with E-state index in [0.29, 0.717) is 34.9 Å². The zero-order valence-electron chi connectivity index (χ0n) is 15.1. The van der Waals surface area contributed by atoms with Crippen molar-refractivity contribution in [2.45, 2.75) is 36.8 Å². The Kier molecular flexibility index (Phi) is 6.47. The van der Waals surface area contributed by atoms with Crippen molar-refractivity contribution in [2.75, 3.05) is 0 Å². The SMILES string of the molecule is C=CCn1c(SC(CC)C(=O)NCc2ccccc2)nc2sccc2c1=O. The Balaban J connectivity index is 1.80. The molecule has 5 nitrogen and oxygen atoms in total. The van der Waals surface area contributed by atoms with E-state index in [9.17, 15) is 9.59 Å². The van der Waals surface area contributed by atoms with Crippen molar-refractivity contribution in [1.29, 1.82) is 0 Å². The Bertz CT molecular complexity index is 995. The van der Waals surface area contributed by atoms with Gasteiger partial charge in [-0.3, -0.25) is 14.2 Å². The normalized spacial score (nSPS) is 12.0. The fourth-order valence-corrected chi connectivity index (χ4v) is 4.51. The van der Waals surface area contributed by atoms with Gasteiger partial charge in [-0.2, -0.15) is 0 Å². The molecule has 1 atom stereocenters. The van der Waals surface area contributed by atoms with Crippen molar-refractivity contribution in [3.05, 3.63) is 70.4 Å². The number of hydrogen-bond acceptors (Lipinski definition) is 5. The second-order valence-electron chi connectivity index (χ2n) is 5.96. The number of benzene rings is 1. The lowest BCUT2D eigenvalue weighted by molar-refractivity contribution is -0.120. The Morgan fingerprint density at radius 1 is 1.37 bits per heavy atom. The predicted molar refractivity (Wildman–Crippen MR) is 112 cm³/mol. The van der Waals surface area contributed by atoms with Crippen LogP contribution in [0.2, 0.25) is 0 Å². The summed E-state index contributed by atoms with van der Waals surface area (Å²) >= 11 is 2.76. The van der Waals surface area contributed by atoms with E-state index in [1.807, 2.05) is 42.6 Å². The van der Waals surface area contributed by atoms with Gasteiger partial charge in [0.1, 0.15) is 4.83 Å². The maximum Gasteiger partial charge on any atom is 0.263 e. The number of fused-ring (bicyclic) bond motifs is 1. The van der Waals surface area contributed by atoms with E-state index in [4.69, 9.17) is 0 Å². The minimum Gasteiger partial charge on any atom is -0.351 e. The molecule has 0 aliphatic carbocycles. The van der Waals surface area contributed by atoms with E-state index in [0.717, 1.165) is 5.56 Å². The molecule has 0 aliphatic rings. The maximum absolute atomic E-state index is 12.7. The number of nitrogens with one attached hydrogen (secondary N) is 1. The molecule has 7 heteroatoms. The first-order valence-corrected chi connectivity index (χ1v) is 10.5. The van der Waals surface area contributed by atoms with Gasteiger partial charge in [0.2, 0.25) is 5.91 Å². The van der Waals surface area contributed by atoms with E-state index in [2.05, 4.69) is 16.9 Å². The summed E-state index contributed by atoms with van der Waals surface area (Å²) in [6.45, 7) is 6.53. The molecule has 0 saturated carbocycles. The van der Waals surface area contributed by atoms with Crippen LogP contribution in [-0.2, 0) is 17.9 Å². The van der Waals surface area contributed by atoms with Crippen LogP contribution in [0.5, 0.6) is 0 Å². The van der Waals surface area contributed by atoms with Crippen LogP contribution in [0.25, 0.3) is 10.2 Å². The van der Waals surface area contributed by atoms with E-state index in [-0.39, 0.29) is 16.7 Å². The van der Waals surface area contributed by atoms with Crippen LogP contribution >= 0.6 is 23.1 Å². The molecule has 2 aromatic heterocycles. The Hall–Kier alpha value is -2.38. The fourth-order valence-electron chi connectivity index (χ4n) is 2.66. The number of hydrogen-bond donors (Lipinski definition) is 1. The molecule has 0 fully saturated rings. The highest BCUT2D eigenvalue weighted by Crippen LogP contribution is 2.26. The Morgan fingerprint density at radius 2 is 2.15 bits per heavy atom. The molecule has 0 aliphatic heterocycles. The van der Waals surface area contributed by atoms with Gasteiger partial charge in [0.25, 0.3) is 5.56 Å². The summed E-state index contributed by atoms with van der Waals surface area (Å²) < 4.78 is 1.58. The van der Waals surface area contributed by atoms with E-state index >= 15 is 0 Å². The number of amides is 1. The first kappa shape index (κ1) is 19.4. The average Bonchev–Trinajstić information content (AvgIpc) is 3.16. The summed E-state index contributed by atoms with van der Waals surface area (Å²) in [6, 6.07) is 11.6. The minimum atomic E-state index is -0.325. The second kappa shape index (κ2) is 9.01. The molecule has 140 valence electrons. The quantitative estimate of drug-likeness (QED) is 0.355. The number of thiophene rings is 1. The highest BCUT2D eigenvalue weighted by molar-refractivity contribution is 8.00. The third-order valence-corrected chi connectivity index (χ3v) is 6.24. The predicted octanol–water partition coefficient (Wildman–Crippen LogP) is 3.83. The highest BCUT2D eigenvalue weighted by atomic mass is 32.2. The van der Waals surface area contributed by atoms with E-state index < -0.39 is 0 Å². The van der Waals surface area contributed by atoms with E-state index in [1.54, 1.807) is 16.7 Å².